The third-order valence-corrected chi connectivity index (χ3v) is 12.1. The van der Waals surface area contributed by atoms with Crippen molar-refractivity contribution in [3.63, 3.8) is 0 Å². The summed E-state index contributed by atoms with van der Waals surface area (Å²) < 4.78 is 23.5. The molecular weight excluding hydrogens is 819 g/mol. The number of allylic oxidation sites excluding steroid dienone is 12. The molecule has 3 rings (SSSR count). The molecule has 3 aliphatic heterocycles. The lowest BCUT2D eigenvalue weighted by Crippen LogP contribution is -2.61. The fourth-order valence-corrected chi connectivity index (χ4v) is 7.79. The number of carbonyl (C=O) groups is 1. The van der Waals surface area contributed by atoms with Gasteiger partial charge in [-0.05, 0) is 39.5 Å². The predicted molar refractivity (Wildman–Crippen MR) is 235 cm³/mol. The molecule has 19 atom stereocenters. The first kappa shape index (κ1) is 54.4. The number of aliphatic hydroxyl groups excluding tert-OH is 9. The molecule has 0 aromatic heterocycles. The van der Waals surface area contributed by atoms with Gasteiger partial charge in [-0.25, -0.2) is 0 Å². The highest BCUT2D eigenvalue weighted by Crippen LogP contribution is 2.38. The molecule has 358 valence electrons. The van der Waals surface area contributed by atoms with Crippen molar-refractivity contribution >= 4 is 5.97 Å². The van der Waals surface area contributed by atoms with Crippen LogP contribution in [0.4, 0.5) is 0 Å². The molecule has 0 aromatic carbocycles. The van der Waals surface area contributed by atoms with E-state index in [0.717, 1.165) is 0 Å². The third kappa shape index (κ3) is 18.5. The van der Waals surface area contributed by atoms with E-state index in [0.29, 0.717) is 0 Å². The SMILES string of the molecule is CC1O[C@@H](O[C@H]2C=CC=CC=CC=CC=CC=CC=C[C@H](C)[C@@H](O)[C@@H](C)[C@H](C)OC(=O)C[C@H](O)C[C@H](O)C[C@H](O)CC[C@@H](O)[C@H](O)C[C@]3(O)C[C@H](O)[C@@H](C)[C@H](C2)O3)[C@@H](O)C(N)[C@@H]1O. The van der Waals surface area contributed by atoms with E-state index >= 15 is 0 Å². The molecule has 2 saturated heterocycles. The molecule has 2 unspecified atom stereocenters. The molecule has 0 spiro atoms. The average Bonchev–Trinajstić information content (AvgIpc) is 3.21. The van der Waals surface area contributed by atoms with Crippen molar-refractivity contribution in [2.75, 3.05) is 0 Å². The van der Waals surface area contributed by atoms with Crippen molar-refractivity contribution in [2.45, 2.75) is 183 Å². The molecule has 0 aliphatic carbocycles. The Morgan fingerprint density at radius 3 is 1.75 bits per heavy atom. The first-order valence-corrected chi connectivity index (χ1v) is 22.2. The lowest BCUT2D eigenvalue weighted by Gasteiger charge is -2.46. The first-order valence-electron chi connectivity index (χ1n) is 22.2. The van der Waals surface area contributed by atoms with E-state index in [1.165, 1.54) is 0 Å². The van der Waals surface area contributed by atoms with E-state index < -0.39 is 128 Å². The molecule has 3 aliphatic rings. The van der Waals surface area contributed by atoms with Gasteiger partial charge in [-0.3, -0.25) is 4.79 Å². The van der Waals surface area contributed by atoms with Crippen LogP contribution >= 0.6 is 0 Å². The van der Waals surface area contributed by atoms with Gasteiger partial charge in [0.1, 0.15) is 12.2 Å². The summed E-state index contributed by atoms with van der Waals surface area (Å²) in [6.07, 6.45) is 8.08. The molecule has 2 bridgehead atoms. The quantitative estimate of drug-likeness (QED) is 0.176. The topological polar surface area (TPSA) is 282 Å². The molecule has 0 saturated carbocycles. The number of fused-ring (bicyclic) bond motifs is 2. The van der Waals surface area contributed by atoms with Gasteiger partial charge >= 0.3 is 5.97 Å². The Morgan fingerprint density at radius 1 is 0.603 bits per heavy atom. The molecular formula is C47H75NO15. The summed E-state index contributed by atoms with van der Waals surface area (Å²) in [6.45, 7) is 8.60. The van der Waals surface area contributed by atoms with Crippen LogP contribution in [0.1, 0.15) is 86.0 Å². The molecule has 0 amide bonds. The smallest absolute Gasteiger partial charge is 0.308 e. The summed E-state index contributed by atoms with van der Waals surface area (Å²) in [4.78, 5) is 12.6. The van der Waals surface area contributed by atoms with Crippen molar-refractivity contribution in [3.8, 4) is 0 Å². The average molecular weight is 894 g/mol. The highest BCUT2D eigenvalue weighted by atomic mass is 16.7. The summed E-state index contributed by atoms with van der Waals surface area (Å²) in [5.41, 5.74) is 6.05. The number of aliphatic hydroxyl groups is 10. The number of esters is 1. The minimum atomic E-state index is -2.08. The fourth-order valence-electron chi connectivity index (χ4n) is 7.79. The van der Waals surface area contributed by atoms with Crippen LogP contribution in [0, 0.1) is 17.8 Å². The van der Waals surface area contributed by atoms with Crippen LogP contribution in [-0.4, -0.2) is 155 Å². The van der Waals surface area contributed by atoms with E-state index in [4.69, 9.17) is 24.7 Å². The molecule has 3 heterocycles. The van der Waals surface area contributed by atoms with Gasteiger partial charge in [0.05, 0.1) is 79.6 Å². The van der Waals surface area contributed by atoms with Gasteiger partial charge in [0.25, 0.3) is 0 Å². The maximum atomic E-state index is 12.6. The number of rotatable bonds is 2. The van der Waals surface area contributed by atoms with Gasteiger partial charge in [0.15, 0.2) is 12.1 Å². The van der Waals surface area contributed by atoms with Gasteiger partial charge in [0, 0.05) is 37.0 Å². The molecule has 16 heteroatoms. The number of hydrogen-bond acceptors (Lipinski definition) is 16. The van der Waals surface area contributed by atoms with Crippen LogP contribution in [0.15, 0.2) is 85.1 Å². The van der Waals surface area contributed by atoms with E-state index in [2.05, 4.69) is 0 Å². The summed E-state index contributed by atoms with van der Waals surface area (Å²) >= 11 is 0. The van der Waals surface area contributed by atoms with Gasteiger partial charge < -0.3 is 75.7 Å². The maximum absolute atomic E-state index is 12.6. The fraction of sp³-hybridized carbons (Fsp3) is 0.681. The number of carbonyl (C=O) groups excluding carboxylic acids is 1. The third-order valence-electron chi connectivity index (χ3n) is 12.1. The molecule has 2 fully saturated rings. The zero-order valence-corrected chi connectivity index (χ0v) is 37.2. The van der Waals surface area contributed by atoms with Crippen molar-refractivity contribution in [3.05, 3.63) is 85.1 Å². The number of ether oxygens (including phenoxy) is 4. The van der Waals surface area contributed by atoms with Gasteiger partial charge in [-0.15, -0.1) is 0 Å². The molecule has 16 nitrogen and oxygen atoms in total. The summed E-state index contributed by atoms with van der Waals surface area (Å²) in [7, 11) is 0. The highest BCUT2D eigenvalue weighted by Gasteiger charge is 2.47. The Bertz CT molecular complexity index is 1570. The second kappa shape index (κ2) is 26.9. The largest absolute Gasteiger partial charge is 0.462 e. The zero-order chi connectivity index (χ0) is 46.9. The lowest BCUT2D eigenvalue weighted by atomic mass is 9.83. The Morgan fingerprint density at radius 2 is 1.14 bits per heavy atom. The van der Waals surface area contributed by atoms with Crippen LogP contribution in [-0.2, 0) is 23.7 Å². The monoisotopic (exact) mass is 894 g/mol. The predicted octanol–water partition coefficient (Wildman–Crippen LogP) is 1.65. The minimum Gasteiger partial charge on any atom is -0.462 e. The summed E-state index contributed by atoms with van der Waals surface area (Å²) in [5.74, 6) is -4.01. The van der Waals surface area contributed by atoms with Crippen LogP contribution < -0.4 is 5.73 Å². The van der Waals surface area contributed by atoms with Crippen LogP contribution in [0.2, 0.25) is 0 Å². The van der Waals surface area contributed by atoms with Gasteiger partial charge in [0.2, 0.25) is 0 Å². The molecule has 0 radical (unpaired) electrons. The van der Waals surface area contributed by atoms with Crippen LogP contribution in [0.25, 0.3) is 0 Å². The Hall–Kier alpha value is -2.91. The van der Waals surface area contributed by atoms with E-state index in [1.54, 1.807) is 58.1 Å². The zero-order valence-electron chi connectivity index (χ0n) is 37.2. The van der Waals surface area contributed by atoms with E-state index in [1.807, 2.05) is 61.6 Å². The minimum absolute atomic E-state index is 0.0428. The van der Waals surface area contributed by atoms with Gasteiger partial charge in [-0.1, -0.05) is 106 Å². The molecule has 12 N–H and O–H groups in total. The highest BCUT2D eigenvalue weighted by molar-refractivity contribution is 5.70. The lowest BCUT2D eigenvalue weighted by molar-refractivity contribution is -0.310. The first-order chi connectivity index (χ1) is 29.7. The Kier molecular flexibility index (Phi) is 23.2. The molecule has 63 heavy (non-hydrogen) atoms. The van der Waals surface area contributed by atoms with Crippen LogP contribution in [0.5, 0.6) is 0 Å². The second-order valence-electron chi connectivity index (χ2n) is 17.6. The van der Waals surface area contributed by atoms with Gasteiger partial charge in [-0.2, -0.15) is 0 Å². The van der Waals surface area contributed by atoms with Crippen molar-refractivity contribution < 1.29 is 74.8 Å². The molecule has 0 aromatic rings. The van der Waals surface area contributed by atoms with Crippen molar-refractivity contribution in [2.24, 2.45) is 23.5 Å². The number of nitrogens with two attached hydrogens (primary N) is 1. The van der Waals surface area contributed by atoms with Crippen molar-refractivity contribution in [1.82, 2.24) is 0 Å². The number of cyclic esters (lactones) is 1. The number of hydrogen-bond donors (Lipinski definition) is 11. The summed E-state index contributed by atoms with van der Waals surface area (Å²) in [6, 6.07) is -1.05. The Labute approximate surface area is 372 Å². The van der Waals surface area contributed by atoms with Crippen molar-refractivity contribution in [1.29, 1.82) is 0 Å². The van der Waals surface area contributed by atoms with E-state index in [9.17, 15) is 55.9 Å². The standard InChI is InChI=1S/C47H75NO15/c1-28-18-16-14-12-10-8-6-7-9-11-13-15-17-19-36(62-46-45(58)42(48)44(57)32(5)61-46)25-40-30(3)38(53)26-47(59,63-40)27-39(54)37(52)21-20-33(49)22-34(50)23-35(51)24-41(55)60-31(4)29(2)43(28)56/h6-19,28-40,42-46,49-54,56-59H,20-27,48H2,1-5H3/t28-,29-,30+,31-,32?,33+,34+,35+,36-,37+,38-,39+,40-,42?,43+,44+,45-,46-,47-/m0/s1. The second-order valence-corrected chi connectivity index (χ2v) is 17.6. The maximum Gasteiger partial charge on any atom is 0.308 e. The van der Waals surface area contributed by atoms with Crippen LogP contribution in [0.3, 0.4) is 0 Å². The summed E-state index contributed by atoms with van der Waals surface area (Å²) in [5, 5.41) is 108. The Balaban J connectivity index is 1.81. The van der Waals surface area contributed by atoms with E-state index in [-0.39, 0.29) is 44.4 Å². The normalized spacial score (nSPS) is 43.1.